The summed E-state index contributed by atoms with van der Waals surface area (Å²) in [7, 11) is 0. The monoisotopic (exact) mass is 248 g/mol. The highest BCUT2D eigenvalue weighted by molar-refractivity contribution is 5.91. The van der Waals surface area contributed by atoms with Crippen molar-refractivity contribution in [2.24, 2.45) is 5.92 Å². The van der Waals surface area contributed by atoms with Crippen molar-refractivity contribution in [2.75, 3.05) is 0 Å². The van der Waals surface area contributed by atoms with Crippen LogP contribution in [0.3, 0.4) is 0 Å². The van der Waals surface area contributed by atoms with Gasteiger partial charge in [-0.15, -0.1) is 0 Å². The smallest absolute Gasteiger partial charge is 0.334 e. The summed E-state index contributed by atoms with van der Waals surface area (Å²) in [5.74, 6) is -0.102. The van der Waals surface area contributed by atoms with Crippen molar-refractivity contribution < 1.29 is 14.3 Å². The zero-order valence-corrected chi connectivity index (χ0v) is 11.1. The molecule has 3 nitrogen and oxygen atoms in total. The lowest BCUT2D eigenvalue weighted by atomic mass is 9.84. The van der Waals surface area contributed by atoms with Gasteiger partial charge in [-0.05, 0) is 39.5 Å². The van der Waals surface area contributed by atoms with Gasteiger partial charge in [0.25, 0.3) is 0 Å². The molecular formula is C15H20O3. The van der Waals surface area contributed by atoms with Gasteiger partial charge in [-0.2, -0.15) is 0 Å². The Kier molecular flexibility index (Phi) is 2.63. The number of fused-ring (bicyclic) bond motifs is 3. The van der Waals surface area contributed by atoms with Gasteiger partial charge in [0.1, 0.15) is 12.2 Å². The van der Waals surface area contributed by atoms with E-state index in [0.29, 0.717) is 5.57 Å². The fourth-order valence-electron chi connectivity index (χ4n) is 3.20. The maximum absolute atomic E-state index is 11.7. The average molecular weight is 248 g/mol. The maximum Gasteiger partial charge on any atom is 0.334 e. The van der Waals surface area contributed by atoms with Crippen molar-refractivity contribution in [1.29, 1.82) is 0 Å². The molecule has 3 aliphatic rings. The first-order valence-corrected chi connectivity index (χ1v) is 6.74. The Morgan fingerprint density at radius 1 is 1.50 bits per heavy atom. The molecule has 2 saturated heterocycles. The highest BCUT2D eigenvalue weighted by Gasteiger charge is 2.61. The minimum atomic E-state index is -0.233. The molecule has 1 unspecified atom stereocenters. The summed E-state index contributed by atoms with van der Waals surface area (Å²) in [6, 6.07) is 0. The van der Waals surface area contributed by atoms with Gasteiger partial charge in [0.05, 0.1) is 5.60 Å². The molecule has 4 atom stereocenters. The van der Waals surface area contributed by atoms with Crippen LogP contribution in [0.1, 0.15) is 39.5 Å². The molecule has 0 radical (unpaired) electrons. The van der Waals surface area contributed by atoms with Crippen LogP contribution in [-0.2, 0) is 14.3 Å². The molecule has 98 valence electrons. The molecule has 0 aromatic rings. The first kappa shape index (κ1) is 12.0. The lowest BCUT2D eigenvalue weighted by Crippen LogP contribution is -2.28. The summed E-state index contributed by atoms with van der Waals surface area (Å²) >= 11 is 0. The molecule has 2 aliphatic heterocycles. The Morgan fingerprint density at radius 3 is 3.06 bits per heavy atom. The fourth-order valence-corrected chi connectivity index (χ4v) is 3.20. The molecule has 3 rings (SSSR count). The Hall–Kier alpha value is -1.09. The Labute approximate surface area is 108 Å². The van der Waals surface area contributed by atoms with Crippen molar-refractivity contribution in [1.82, 2.24) is 0 Å². The van der Waals surface area contributed by atoms with Gasteiger partial charge in [0, 0.05) is 11.5 Å². The van der Waals surface area contributed by atoms with Crippen LogP contribution in [0.15, 0.2) is 23.8 Å². The molecule has 0 saturated carbocycles. The first-order valence-electron chi connectivity index (χ1n) is 6.74. The van der Waals surface area contributed by atoms with E-state index in [4.69, 9.17) is 9.47 Å². The summed E-state index contributed by atoms with van der Waals surface area (Å²) < 4.78 is 11.3. The number of carbonyl (C=O) groups excluding carboxylic acids is 1. The molecule has 0 spiro atoms. The van der Waals surface area contributed by atoms with E-state index in [1.165, 1.54) is 5.57 Å². The molecule has 0 N–H and O–H groups in total. The molecule has 0 aromatic carbocycles. The maximum atomic E-state index is 11.7. The van der Waals surface area contributed by atoms with Gasteiger partial charge >= 0.3 is 5.97 Å². The minimum absolute atomic E-state index is 0.0671. The van der Waals surface area contributed by atoms with Gasteiger partial charge in [0.2, 0.25) is 0 Å². The first-order chi connectivity index (χ1) is 8.51. The van der Waals surface area contributed by atoms with Crippen molar-refractivity contribution in [2.45, 2.75) is 57.3 Å². The quantitative estimate of drug-likeness (QED) is 0.286. The van der Waals surface area contributed by atoms with E-state index in [1.807, 2.05) is 0 Å². The number of hydrogen-bond donors (Lipinski definition) is 0. The van der Waals surface area contributed by atoms with Crippen molar-refractivity contribution in [3.05, 3.63) is 23.8 Å². The predicted octanol–water partition coefficient (Wildman–Crippen LogP) is 2.76. The SMILES string of the molecule is C=C1C(=O)O[C@@H]2[C@H]3OC3(C)CCC=C(C)CC[C@@H]12. The summed E-state index contributed by atoms with van der Waals surface area (Å²) in [6.07, 6.45) is 6.25. The zero-order valence-electron chi connectivity index (χ0n) is 11.1. The summed E-state index contributed by atoms with van der Waals surface area (Å²) in [4.78, 5) is 11.7. The number of carbonyl (C=O) groups is 1. The number of ether oxygens (including phenoxy) is 2. The summed E-state index contributed by atoms with van der Waals surface area (Å²) in [5, 5.41) is 0. The fraction of sp³-hybridized carbons (Fsp3) is 0.667. The van der Waals surface area contributed by atoms with Gasteiger partial charge in [-0.1, -0.05) is 18.2 Å². The number of rotatable bonds is 0. The van der Waals surface area contributed by atoms with Crippen molar-refractivity contribution in [3.8, 4) is 0 Å². The van der Waals surface area contributed by atoms with E-state index in [9.17, 15) is 4.79 Å². The predicted molar refractivity (Wildman–Crippen MR) is 68.0 cm³/mol. The average Bonchev–Trinajstić information content (AvgIpc) is 2.90. The van der Waals surface area contributed by atoms with E-state index in [-0.39, 0.29) is 29.7 Å². The number of hydrogen-bond acceptors (Lipinski definition) is 3. The van der Waals surface area contributed by atoms with Crippen LogP contribution in [0.5, 0.6) is 0 Å². The van der Waals surface area contributed by atoms with E-state index < -0.39 is 0 Å². The third-order valence-electron chi connectivity index (χ3n) is 4.57. The largest absolute Gasteiger partial charge is 0.455 e. The summed E-state index contributed by atoms with van der Waals surface area (Å²) in [6.45, 7) is 8.17. The second kappa shape index (κ2) is 3.95. The van der Waals surface area contributed by atoms with E-state index in [2.05, 4.69) is 26.5 Å². The molecule has 1 aliphatic carbocycles. The van der Waals surface area contributed by atoms with Gasteiger partial charge < -0.3 is 9.47 Å². The normalized spacial score (nSPS) is 43.7. The molecule has 2 fully saturated rings. The number of allylic oxidation sites excluding steroid dienone is 2. The summed E-state index contributed by atoms with van der Waals surface area (Å²) in [5.41, 5.74) is 1.91. The van der Waals surface area contributed by atoms with E-state index in [0.717, 1.165) is 25.7 Å². The van der Waals surface area contributed by atoms with E-state index in [1.54, 1.807) is 0 Å². The van der Waals surface area contributed by atoms with Gasteiger partial charge in [0.15, 0.2) is 0 Å². The van der Waals surface area contributed by atoms with Crippen molar-refractivity contribution in [3.63, 3.8) is 0 Å². The number of esters is 1. The molecule has 0 aromatic heterocycles. The van der Waals surface area contributed by atoms with Crippen LogP contribution >= 0.6 is 0 Å². The van der Waals surface area contributed by atoms with Crippen LogP contribution in [0.2, 0.25) is 0 Å². The van der Waals surface area contributed by atoms with Gasteiger partial charge in [-0.25, -0.2) is 4.79 Å². The number of epoxide rings is 1. The lowest BCUT2D eigenvalue weighted by Gasteiger charge is -2.19. The Bertz CT molecular complexity index is 437. The highest BCUT2D eigenvalue weighted by Crippen LogP contribution is 2.49. The molecule has 3 heteroatoms. The second-order valence-corrected chi connectivity index (χ2v) is 5.98. The van der Waals surface area contributed by atoms with Crippen LogP contribution in [-0.4, -0.2) is 23.8 Å². The second-order valence-electron chi connectivity index (χ2n) is 5.98. The van der Waals surface area contributed by atoms with Gasteiger partial charge in [-0.3, -0.25) is 0 Å². The van der Waals surface area contributed by atoms with E-state index >= 15 is 0 Å². The molecule has 0 amide bonds. The zero-order chi connectivity index (χ0) is 12.9. The molecular weight excluding hydrogens is 228 g/mol. The minimum Gasteiger partial charge on any atom is -0.455 e. The Morgan fingerprint density at radius 2 is 2.28 bits per heavy atom. The highest BCUT2D eigenvalue weighted by atomic mass is 16.6. The third kappa shape index (κ3) is 1.81. The third-order valence-corrected chi connectivity index (χ3v) is 4.57. The molecule has 18 heavy (non-hydrogen) atoms. The van der Waals surface area contributed by atoms with Crippen LogP contribution < -0.4 is 0 Å². The van der Waals surface area contributed by atoms with Crippen LogP contribution in [0.4, 0.5) is 0 Å². The standard InChI is InChI=1S/C15H20O3/c1-9-5-4-8-15(3)13(18-15)12-11(7-6-9)10(2)14(16)17-12/h5,11-13H,2,4,6-8H2,1,3H3/t11-,12-,13+,15?/m0/s1. The molecule has 0 bridgehead atoms. The molecule has 2 heterocycles. The van der Waals surface area contributed by atoms with Crippen LogP contribution in [0, 0.1) is 5.92 Å². The Balaban J connectivity index is 1.87. The topological polar surface area (TPSA) is 38.8 Å². The lowest BCUT2D eigenvalue weighted by molar-refractivity contribution is -0.140. The van der Waals surface area contributed by atoms with Crippen molar-refractivity contribution >= 4 is 5.97 Å². The van der Waals surface area contributed by atoms with Crippen LogP contribution in [0.25, 0.3) is 0 Å².